The Morgan fingerprint density at radius 2 is 1.75 bits per heavy atom. The predicted octanol–water partition coefficient (Wildman–Crippen LogP) is 4.72. The predicted molar refractivity (Wildman–Crippen MR) is 88.2 cm³/mol. The third-order valence-corrected chi connectivity index (χ3v) is 9.32. The smallest absolute Gasteiger partial charge is 0.220 e. The summed E-state index contributed by atoms with van der Waals surface area (Å²) in [6, 6.07) is 8.77. The lowest BCUT2D eigenvalue weighted by molar-refractivity contribution is -0.154. The van der Waals surface area contributed by atoms with E-state index in [1.165, 1.54) is 11.1 Å². The number of rotatable bonds is 2. The van der Waals surface area contributed by atoms with Gasteiger partial charge in [-0.1, -0.05) is 45.0 Å². The van der Waals surface area contributed by atoms with E-state index in [1.807, 2.05) is 0 Å². The van der Waals surface area contributed by atoms with Crippen LogP contribution >= 0.6 is 0 Å². The molecule has 0 unspecified atom stereocenters. The van der Waals surface area contributed by atoms with E-state index in [2.05, 4.69) is 77.0 Å². The summed E-state index contributed by atoms with van der Waals surface area (Å²) in [7, 11) is -1.78. The molecule has 1 heterocycles. The van der Waals surface area contributed by atoms with Gasteiger partial charge in [0.15, 0.2) is 0 Å². The number of hydrogen-bond acceptors (Lipinski definition) is 2. The van der Waals surface area contributed by atoms with Crippen LogP contribution in [0.15, 0.2) is 24.3 Å². The van der Waals surface area contributed by atoms with Crippen molar-refractivity contribution in [1.29, 1.82) is 0 Å². The second-order valence-electron chi connectivity index (χ2n) is 7.92. The zero-order valence-electron chi connectivity index (χ0n) is 14.1. The van der Waals surface area contributed by atoms with Gasteiger partial charge < -0.3 is 4.53 Å². The van der Waals surface area contributed by atoms with Crippen LogP contribution in [0.3, 0.4) is 0 Å². The van der Waals surface area contributed by atoms with Crippen LogP contribution in [0, 0.1) is 0 Å². The minimum absolute atomic E-state index is 0.0512. The third-order valence-electron chi connectivity index (χ3n) is 5.03. The molecule has 3 heteroatoms. The van der Waals surface area contributed by atoms with Gasteiger partial charge in [-0.15, -0.1) is 0 Å². The molecular formula is C17H29NOSi. The summed E-state index contributed by atoms with van der Waals surface area (Å²) in [5.74, 6) is 0. The van der Waals surface area contributed by atoms with Gasteiger partial charge in [-0.2, -0.15) is 5.06 Å². The van der Waals surface area contributed by atoms with E-state index in [4.69, 9.17) is 4.53 Å². The Hall–Kier alpha value is -0.643. The van der Waals surface area contributed by atoms with Gasteiger partial charge in [-0.05, 0) is 49.5 Å². The molecule has 0 N–H and O–H groups in total. The molecule has 0 amide bonds. The summed E-state index contributed by atoms with van der Waals surface area (Å²) in [4.78, 5) is 0. The van der Waals surface area contributed by atoms with Crippen molar-refractivity contribution in [3.8, 4) is 0 Å². The van der Waals surface area contributed by atoms with Gasteiger partial charge >= 0.3 is 0 Å². The van der Waals surface area contributed by atoms with Gasteiger partial charge in [0.05, 0.1) is 5.54 Å². The molecule has 0 radical (unpaired) electrons. The van der Waals surface area contributed by atoms with E-state index in [-0.39, 0.29) is 10.6 Å². The van der Waals surface area contributed by atoms with Crippen molar-refractivity contribution in [3.05, 3.63) is 35.4 Å². The molecule has 0 saturated heterocycles. The number of fused-ring (bicyclic) bond motifs is 1. The Balaban J connectivity index is 2.29. The van der Waals surface area contributed by atoms with Crippen molar-refractivity contribution in [1.82, 2.24) is 5.06 Å². The number of nitrogens with zero attached hydrogens (tertiary/aromatic N) is 1. The summed E-state index contributed by atoms with van der Waals surface area (Å²) in [5.41, 5.74) is 2.82. The molecule has 0 atom stereocenters. The maximum Gasteiger partial charge on any atom is 0.220 e. The molecule has 1 aliphatic rings. The van der Waals surface area contributed by atoms with Crippen LogP contribution in [-0.4, -0.2) is 19.9 Å². The van der Waals surface area contributed by atoms with Crippen LogP contribution in [0.2, 0.25) is 18.1 Å². The Kier molecular flexibility index (Phi) is 3.91. The average Bonchev–Trinajstić information content (AvgIpc) is 2.32. The van der Waals surface area contributed by atoms with Gasteiger partial charge in [0.25, 0.3) is 0 Å². The number of benzene rings is 1. The molecule has 1 aromatic rings. The van der Waals surface area contributed by atoms with E-state index in [0.717, 1.165) is 13.0 Å². The first kappa shape index (κ1) is 15.7. The van der Waals surface area contributed by atoms with Gasteiger partial charge in [0.2, 0.25) is 8.32 Å². The van der Waals surface area contributed by atoms with Crippen LogP contribution in [0.25, 0.3) is 0 Å². The summed E-state index contributed by atoms with van der Waals surface area (Å²) in [5, 5.41) is 2.48. The van der Waals surface area contributed by atoms with Crippen molar-refractivity contribution in [2.45, 2.75) is 64.7 Å². The van der Waals surface area contributed by atoms with E-state index in [0.29, 0.717) is 0 Å². The maximum absolute atomic E-state index is 6.59. The molecule has 20 heavy (non-hydrogen) atoms. The zero-order valence-corrected chi connectivity index (χ0v) is 15.1. The SMILES string of the molecule is CC1(C)c2ccccc2CCN1O[Si](C)(C)C(C)(C)C. The zero-order chi connectivity index (χ0) is 15.2. The molecule has 0 saturated carbocycles. The van der Waals surface area contributed by atoms with Gasteiger partial charge in [-0.25, -0.2) is 0 Å². The molecule has 0 aliphatic carbocycles. The summed E-state index contributed by atoms with van der Waals surface area (Å²) in [6.07, 6.45) is 1.08. The van der Waals surface area contributed by atoms with Gasteiger partial charge in [0, 0.05) is 6.54 Å². The molecular weight excluding hydrogens is 262 g/mol. The van der Waals surface area contributed by atoms with Gasteiger partial charge in [0.1, 0.15) is 0 Å². The normalized spacial score (nSPS) is 19.8. The minimum Gasteiger partial charge on any atom is -0.342 e. The second kappa shape index (κ2) is 4.97. The Morgan fingerprint density at radius 3 is 2.35 bits per heavy atom. The lowest BCUT2D eigenvalue weighted by Crippen LogP contribution is -2.54. The lowest BCUT2D eigenvalue weighted by Gasteiger charge is -2.48. The monoisotopic (exact) mass is 291 g/mol. The minimum atomic E-state index is -1.78. The van der Waals surface area contributed by atoms with E-state index >= 15 is 0 Å². The summed E-state index contributed by atoms with van der Waals surface area (Å²) >= 11 is 0. The van der Waals surface area contributed by atoms with E-state index in [1.54, 1.807) is 0 Å². The molecule has 0 aromatic heterocycles. The molecule has 0 bridgehead atoms. The average molecular weight is 292 g/mol. The number of hydroxylamine groups is 2. The summed E-state index contributed by atoms with van der Waals surface area (Å²) < 4.78 is 6.59. The molecule has 0 fully saturated rings. The molecule has 1 aromatic carbocycles. The van der Waals surface area contributed by atoms with Crippen molar-refractivity contribution in [3.63, 3.8) is 0 Å². The van der Waals surface area contributed by atoms with E-state index < -0.39 is 8.32 Å². The third kappa shape index (κ3) is 2.72. The molecule has 1 aliphatic heterocycles. The fourth-order valence-electron chi connectivity index (χ4n) is 2.54. The maximum atomic E-state index is 6.59. The Morgan fingerprint density at radius 1 is 1.15 bits per heavy atom. The van der Waals surface area contributed by atoms with Crippen molar-refractivity contribution in [2.24, 2.45) is 0 Å². The summed E-state index contributed by atoms with van der Waals surface area (Å²) in [6.45, 7) is 17.1. The first-order valence-corrected chi connectivity index (χ1v) is 10.5. The molecule has 2 nitrogen and oxygen atoms in total. The first-order chi connectivity index (χ1) is 9.06. The van der Waals surface area contributed by atoms with Crippen LogP contribution in [0.5, 0.6) is 0 Å². The topological polar surface area (TPSA) is 12.5 Å². The van der Waals surface area contributed by atoms with Crippen molar-refractivity contribution >= 4 is 8.32 Å². The quantitative estimate of drug-likeness (QED) is 0.731. The van der Waals surface area contributed by atoms with Crippen LogP contribution < -0.4 is 0 Å². The van der Waals surface area contributed by atoms with Crippen molar-refractivity contribution in [2.75, 3.05) is 6.54 Å². The fraction of sp³-hybridized carbons (Fsp3) is 0.647. The van der Waals surface area contributed by atoms with Crippen LogP contribution in [0.1, 0.15) is 45.7 Å². The Bertz CT molecular complexity index is 488. The molecule has 0 spiro atoms. The molecule has 112 valence electrons. The highest BCUT2D eigenvalue weighted by Crippen LogP contribution is 2.41. The van der Waals surface area contributed by atoms with Gasteiger partial charge in [-0.3, -0.25) is 0 Å². The highest BCUT2D eigenvalue weighted by molar-refractivity contribution is 6.74. The number of hydrogen-bond donors (Lipinski definition) is 0. The second-order valence-corrected chi connectivity index (χ2v) is 12.6. The fourth-order valence-corrected chi connectivity index (χ4v) is 3.69. The van der Waals surface area contributed by atoms with Crippen LogP contribution in [-0.2, 0) is 16.5 Å². The highest BCUT2D eigenvalue weighted by atomic mass is 28.4. The van der Waals surface area contributed by atoms with E-state index in [9.17, 15) is 0 Å². The standard InChI is InChI=1S/C17H29NOSi/c1-16(2,3)20(6,7)19-18-13-12-14-10-8-9-11-15(14)17(18,4)5/h8-11H,12-13H2,1-7H3. The highest BCUT2D eigenvalue weighted by Gasteiger charge is 2.44. The van der Waals surface area contributed by atoms with Crippen LogP contribution in [0.4, 0.5) is 0 Å². The molecule has 2 rings (SSSR count). The first-order valence-electron chi connectivity index (χ1n) is 7.61. The Labute approximate surface area is 125 Å². The largest absolute Gasteiger partial charge is 0.342 e. The lowest BCUT2D eigenvalue weighted by atomic mass is 9.85. The van der Waals surface area contributed by atoms with Crippen molar-refractivity contribution < 1.29 is 4.53 Å².